The van der Waals surface area contributed by atoms with Crippen molar-refractivity contribution in [3.8, 4) is 0 Å². The summed E-state index contributed by atoms with van der Waals surface area (Å²) in [5.41, 5.74) is 2.95. The molecule has 1 nitrogen and oxygen atoms in total. The molecule has 0 aromatic heterocycles. The van der Waals surface area contributed by atoms with Gasteiger partial charge in [0.05, 0.1) is 0 Å². The molecule has 1 unspecified atom stereocenters. The van der Waals surface area contributed by atoms with Gasteiger partial charge in [0.25, 0.3) is 0 Å². The first-order valence-corrected chi connectivity index (χ1v) is 7.52. The minimum Gasteiger partial charge on any atom is -0.310 e. The van der Waals surface area contributed by atoms with Crippen LogP contribution in [0.15, 0.2) is 21.1 Å². The number of hydrogen-bond donors (Lipinski definition) is 1. The number of halogens is 2. The molecule has 0 saturated carbocycles. The molecule has 0 heterocycles. The Morgan fingerprint density at radius 3 is 2.75 bits per heavy atom. The maximum absolute atomic E-state index is 3.70. The summed E-state index contributed by atoms with van der Waals surface area (Å²) >= 11 is 7.38. The molecule has 0 fully saturated rings. The second-order valence-corrected chi connectivity index (χ2v) is 5.99. The molecule has 2 rings (SSSR count). The zero-order chi connectivity index (χ0) is 11.5. The lowest BCUT2D eigenvalue weighted by molar-refractivity contribution is 0.502. The fraction of sp³-hybridized carbons (Fsp3) is 0.538. The van der Waals surface area contributed by atoms with Crippen LogP contribution in [0.1, 0.15) is 43.4 Å². The van der Waals surface area contributed by atoms with Gasteiger partial charge in [-0.3, -0.25) is 0 Å². The molecule has 0 radical (unpaired) electrons. The molecule has 1 aliphatic carbocycles. The van der Waals surface area contributed by atoms with E-state index in [1.54, 1.807) is 0 Å². The molecule has 1 aliphatic rings. The zero-order valence-electron chi connectivity index (χ0n) is 9.52. The summed E-state index contributed by atoms with van der Waals surface area (Å²) in [6.45, 7) is 3.21. The fourth-order valence-electron chi connectivity index (χ4n) is 2.49. The highest BCUT2D eigenvalue weighted by Gasteiger charge is 2.21. The standard InChI is InChI=1S/C13H17Br2N/c1-2-16-12-6-4-3-5-9-10(14)7-8-11(15)13(9)12/h7-8,12,16H,2-6H2,1H3. The Bertz CT molecular complexity index is 376. The quantitative estimate of drug-likeness (QED) is 0.772. The van der Waals surface area contributed by atoms with Crippen LogP contribution in [-0.4, -0.2) is 6.54 Å². The van der Waals surface area contributed by atoms with Crippen LogP contribution in [0, 0.1) is 0 Å². The fourth-order valence-corrected chi connectivity index (χ4v) is 3.68. The Kier molecular flexibility index (Phi) is 4.45. The third kappa shape index (κ3) is 2.52. The van der Waals surface area contributed by atoms with E-state index in [4.69, 9.17) is 0 Å². The first-order valence-electron chi connectivity index (χ1n) is 5.94. The second-order valence-electron chi connectivity index (χ2n) is 4.28. The number of rotatable bonds is 2. The number of nitrogens with one attached hydrogen (secondary N) is 1. The topological polar surface area (TPSA) is 12.0 Å². The minimum atomic E-state index is 0.509. The van der Waals surface area contributed by atoms with Crippen LogP contribution in [0.25, 0.3) is 0 Å². The van der Waals surface area contributed by atoms with E-state index in [0.717, 1.165) is 6.54 Å². The van der Waals surface area contributed by atoms with Gasteiger partial charge in [-0.1, -0.05) is 45.2 Å². The summed E-state index contributed by atoms with van der Waals surface area (Å²) in [6, 6.07) is 4.81. The molecule has 0 amide bonds. The zero-order valence-corrected chi connectivity index (χ0v) is 12.7. The maximum Gasteiger partial charge on any atom is 0.0334 e. The van der Waals surface area contributed by atoms with Crippen LogP contribution in [0.5, 0.6) is 0 Å². The van der Waals surface area contributed by atoms with E-state index < -0.39 is 0 Å². The van der Waals surface area contributed by atoms with E-state index in [9.17, 15) is 0 Å². The predicted octanol–water partition coefficient (Wildman–Crippen LogP) is 4.59. The summed E-state index contributed by atoms with van der Waals surface area (Å²) in [5, 5.41) is 3.60. The van der Waals surface area contributed by atoms with Crippen LogP contribution < -0.4 is 5.32 Å². The van der Waals surface area contributed by atoms with Crippen molar-refractivity contribution in [1.82, 2.24) is 5.32 Å². The van der Waals surface area contributed by atoms with Crippen molar-refractivity contribution in [3.63, 3.8) is 0 Å². The summed E-state index contributed by atoms with van der Waals surface area (Å²) in [4.78, 5) is 0. The molecule has 16 heavy (non-hydrogen) atoms. The molecule has 0 spiro atoms. The molecule has 0 saturated heterocycles. The van der Waals surface area contributed by atoms with Crippen LogP contribution >= 0.6 is 31.9 Å². The molecule has 1 aromatic carbocycles. The molecular weight excluding hydrogens is 330 g/mol. The average Bonchev–Trinajstić information content (AvgIpc) is 2.48. The normalized spacial score (nSPS) is 20.3. The summed E-state index contributed by atoms with van der Waals surface area (Å²) < 4.78 is 2.51. The Morgan fingerprint density at radius 1 is 1.25 bits per heavy atom. The van der Waals surface area contributed by atoms with Gasteiger partial charge in [0, 0.05) is 15.0 Å². The number of benzene rings is 1. The van der Waals surface area contributed by atoms with Gasteiger partial charge in [-0.25, -0.2) is 0 Å². The van der Waals surface area contributed by atoms with E-state index >= 15 is 0 Å². The molecule has 0 aliphatic heterocycles. The van der Waals surface area contributed by atoms with Crippen LogP contribution in [0.3, 0.4) is 0 Å². The first kappa shape index (κ1) is 12.6. The predicted molar refractivity (Wildman–Crippen MR) is 75.8 cm³/mol. The molecule has 3 heteroatoms. The second kappa shape index (κ2) is 5.65. The Labute approximate surface area is 114 Å². The highest BCUT2D eigenvalue weighted by molar-refractivity contribution is 9.11. The highest BCUT2D eigenvalue weighted by Crippen LogP contribution is 2.37. The van der Waals surface area contributed by atoms with Crippen LogP contribution in [-0.2, 0) is 6.42 Å². The van der Waals surface area contributed by atoms with Gasteiger partial charge in [0.15, 0.2) is 0 Å². The van der Waals surface area contributed by atoms with Gasteiger partial charge in [0.1, 0.15) is 0 Å². The lowest BCUT2D eigenvalue weighted by atomic mass is 9.99. The SMILES string of the molecule is CCNC1CCCCc2c(Br)ccc(Br)c21. The van der Waals surface area contributed by atoms with Crippen molar-refractivity contribution in [1.29, 1.82) is 0 Å². The van der Waals surface area contributed by atoms with Gasteiger partial charge < -0.3 is 5.32 Å². The van der Waals surface area contributed by atoms with Crippen molar-refractivity contribution in [2.24, 2.45) is 0 Å². The minimum absolute atomic E-state index is 0.509. The van der Waals surface area contributed by atoms with E-state index in [0.29, 0.717) is 6.04 Å². The van der Waals surface area contributed by atoms with E-state index in [2.05, 4.69) is 56.2 Å². The first-order chi connectivity index (χ1) is 7.74. The van der Waals surface area contributed by atoms with Gasteiger partial charge in [-0.2, -0.15) is 0 Å². The molecular formula is C13H17Br2N. The highest BCUT2D eigenvalue weighted by atomic mass is 79.9. The van der Waals surface area contributed by atoms with Gasteiger partial charge in [0.2, 0.25) is 0 Å². The summed E-state index contributed by atoms with van der Waals surface area (Å²) in [6.07, 6.45) is 5.04. The van der Waals surface area contributed by atoms with E-state index in [1.165, 1.54) is 45.8 Å². The van der Waals surface area contributed by atoms with Gasteiger partial charge in [-0.05, 0) is 49.1 Å². The molecule has 88 valence electrons. The van der Waals surface area contributed by atoms with Crippen molar-refractivity contribution in [3.05, 3.63) is 32.2 Å². The largest absolute Gasteiger partial charge is 0.310 e. The van der Waals surface area contributed by atoms with Crippen LogP contribution in [0.2, 0.25) is 0 Å². The summed E-state index contributed by atoms with van der Waals surface area (Å²) in [7, 11) is 0. The van der Waals surface area contributed by atoms with Crippen molar-refractivity contribution < 1.29 is 0 Å². The maximum atomic E-state index is 3.70. The third-order valence-electron chi connectivity index (χ3n) is 3.22. The van der Waals surface area contributed by atoms with Crippen molar-refractivity contribution in [2.75, 3.05) is 6.54 Å². The van der Waals surface area contributed by atoms with Crippen molar-refractivity contribution in [2.45, 2.75) is 38.6 Å². The van der Waals surface area contributed by atoms with Gasteiger partial charge in [-0.15, -0.1) is 0 Å². The Balaban J connectivity index is 2.46. The Morgan fingerprint density at radius 2 is 2.00 bits per heavy atom. The molecule has 0 bridgehead atoms. The van der Waals surface area contributed by atoms with Crippen LogP contribution in [0.4, 0.5) is 0 Å². The monoisotopic (exact) mass is 345 g/mol. The average molecular weight is 347 g/mol. The lowest BCUT2D eigenvalue weighted by Gasteiger charge is -2.21. The van der Waals surface area contributed by atoms with Gasteiger partial charge >= 0.3 is 0 Å². The van der Waals surface area contributed by atoms with Crippen molar-refractivity contribution >= 4 is 31.9 Å². The number of fused-ring (bicyclic) bond motifs is 1. The molecule has 1 atom stereocenters. The smallest absolute Gasteiger partial charge is 0.0334 e. The molecule has 1 aromatic rings. The summed E-state index contributed by atoms with van der Waals surface area (Å²) in [5.74, 6) is 0. The third-order valence-corrected chi connectivity index (χ3v) is 4.65. The Hall–Kier alpha value is 0.140. The number of hydrogen-bond acceptors (Lipinski definition) is 1. The lowest BCUT2D eigenvalue weighted by Crippen LogP contribution is -2.21. The molecule has 1 N–H and O–H groups in total. The van der Waals surface area contributed by atoms with E-state index in [-0.39, 0.29) is 0 Å². The van der Waals surface area contributed by atoms with E-state index in [1.807, 2.05) is 0 Å².